The lowest BCUT2D eigenvalue weighted by Gasteiger charge is -2.21. The molecule has 2 rings (SSSR count). The van der Waals surface area contributed by atoms with Crippen LogP contribution in [0.4, 0.5) is 0 Å². The SMILES string of the molecule is Cc1cc2c(c(C(C)(C)C)c1)OCO2. The Morgan fingerprint density at radius 1 is 1.14 bits per heavy atom. The summed E-state index contributed by atoms with van der Waals surface area (Å²) < 4.78 is 10.9. The Morgan fingerprint density at radius 2 is 1.86 bits per heavy atom. The highest BCUT2D eigenvalue weighted by molar-refractivity contribution is 5.53. The van der Waals surface area contributed by atoms with Gasteiger partial charge in [0.1, 0.15) is 0 Å². The summed E-state index contributed by atoms with van der Waals surface area (Å²) in [6.07, 6.45) is 0. The molecule has 0 N–H and O–H groups in total. The van der Waals surface area contributed by atoms with Crippen LogP contribution in [-0.2, 0) is 5.41 Å². The highest BCUT2D eigenvalue weighted by atomic mass is 16.7. The highest BCUT2D eigenvalue weighted by Crippen LogP contribution is 2.42. The van der Waals surface area contributed by atoms with Gasteiger partial charge in [0.25, 0.3) is 0 Å². The molecule has 0 saturated carbocycles. The first-order valence-corrected chi connectivity index (χ1v) is 4.89. The van der Waals surface area contributed by atoms with Crippen LogP contribution in [0.1, 0.15) is 31.9 Å². The number of ether oxygens (including phenoxy) is 2. The van der Waals surface area contributed by atoms with Gasteiger partial charge in [0.05, 0.1) is 0 Å². The van der Waals surface area contributed by atoms with E-state index in [-0.39, 0.29) is 5.41 Å². The van der Waals surface area contributed by atoms with Crippen LogP contribution in [0.25, 0.3) is 0 Å². The summed E-state index contributed by atoms with van der Waals surface area (Å²) in [5.74, 6) is 1.80. The number of hydrogen-bond donors (Lipinski definition) is 0. The lowest BCUT2D eigenvalue weighted by molar-refractivity contribution is 0.172. The number of aryl methyl sites for hydroxylation is 1. The maximum Gasteiger partial charge on any atom is 0.231 e. The Kier molecular flexibility index (Phi) is 1.95. The molecular formula is C12H16O2. The van der Waals surface area contributed by atoms with E-state index in [0.717, 1.165) is 11.5 Å². The van der Waals surface area contributed by atoms with Crippen molar-refractivity contribution in [1.82, 2.24) is 0 Å². The van der Waals surface area contributed by atoms with E-state index in [2.05, 4.69) is 33.8 Å². The molecule has 1 aliphatic rings. The molecule has 2 nitrogen and oxygen atoms in total. The summed E-state index contributed by atoms with van der Waals surface area (Å²) in [5, 5.41) is 0. The molecule has 0 spiro atoms. The molecule has 0 fully saturated rings. The van der Waals surface area contributed by atoms with E-state index in [4.69, 9.17) is 9.47 Å². The van der Waals surface area contributed by atoms with E-state index < -0.39 is 0 Å². The molecule has 0 atom stereocenters. The maximum atomic E-state index is 5.49. The fraction of sp³-hybridized carbons (Fsp3) is 0.500. The van der Waals surface area contributed by atoms with Crippen molar-refractivity contribution >= 4 is 0 Å². The van der Waals surface area contributed by atoms with E-state index in [9.17, 15) is 0 Å². The Labute approximate surface area is 84.8 Å². The molecule has 0 radical (unpaired) electrons. The van der Waals surface area contributed by atoms with Gasteiger partial charge in [0, 0.05) is 5.56 Å². The third-order valence-electron chi connectivity index (χ3n) is 2.42. The van der Waals surface area contributed by atoms with Crippen molar-refractivity contribution in [1.29, 1.82) is 0 Å². The molecule has 1 aromatic carbocycles. The van der Waals surface area contributed by atoms with Crippen molar-refractivity contribution in [2.45, 2.75) is 33.1 Å². The first kappa shape index (κ1) is 9.38. The van der Waals surface area contributed by atoms with Gasteiger partial charge in [-0.25, -0.2) is 0 Å². The van der Waals surface area contributed by atoms with Gasteiger partial charge < -0.3 is 9.47 Å². The van der Waals surface area contributed by atoms with Crippen molar-refractivity contribution in [2.75, 3.05) is 6.79 Å². The zero-order chi connectivity index (χ0) is 10.3. The molecule has 0 saturated heterocycles. The first-order chi connectivity index (χ1) is 6.48. The Bertz CT molecular complexity index is 361. The molecular weight excluding hydrogens is 176 g/mol. The molecule has 0 aromatic heterocycles. The highest BCUT2D eigenvalue weighted by Gasteiger charge is 2.25. The fourth-order valence-electron chi connectivity index (χ4n) is 1.71. The van der Waals surface area contributed by atoms with Crippen molar-refractivity contribution in [3.63, 3.8) is 0 Å². The third-order valence-corrected chi connectivity index (χ3v) is 2.42. The predicted molar refractivity (Wildman–Crippen MR) is 56.0 cm³/mol. The third kappa shape index (κ3) is 1.45. The standard InChI is InChI=1S/C12H16O2/c1-8-5-9(12(2,3)4)11-10(6-8)13-7-14-11/h5-6H,7H2,1-4H3. The van der Waals surface area contributed by atoms with Crippen LogP contribution in [0.3, 0.4) is 0 Å². The van der Waals surface area contributed by atoms with Gasteiger partial charge in [0.15, 0.2) is 11.5 Å². The molecule has 1 aromatic rings. The van der Waals surface area contributed by atoms with Gasteiger partial charge >= 0.3 is 0 Å². The Hall–Kier alpha value is -1.18. The van der Waals surface area contributed by atoms with Crippen LogP contribution >= 0.6 is 0 Å². The number of benzene rings is 1. The van der Waals surface area contributed by atoms with E-state index in [1.807, 2.05) is 6.07 Å². The minimum absolute atomic E-state index is 0.101. The van der Waals surface area contributed by atoms with Gasteiger partial charge in [-0.1, -0.05) is 26.8 Å². The summed E-state index contributed by atoms with van der Waals surface area (Å²) >= 11 is 0. The molecule has 2 heteroatoms. The van der Waals surface area contributed by atoms with Gasteiger partial charge in [-0.3, -0.25) is 0 Å². The largest absolute Gasteiger partial charge is 0.454 e. The minimum Gasteiger partial charge on any atom is -0.454 e. The van der Waals surface area contributed by atoms with Crippen LogP contribution in [0.5, 0.6) is 11.5 Å². The molecule has 1 aliphatic heterocycles. The molecule has 0 bridgehead atoms. The molecule has 76 valence electrons. The van der Waals surface area contributed by atoms with E-state index in [1.54, 1.807) is 0 Å². The summed E-state index contributed by atoms with van der Waals surface area (Å²) in [5.41, 5.74) is 2.55. The number of fused-ring (bicyclic) bond motifs is 1. The molecule has 1 heterocycles. The van der Waals surface area contributed by atoms with Crippen LogP contribution in [-0.4, -0.2) is 6.79 Å². The first-order valence-electron chi connectivity index (χ1n) is 4.89. The van der Waals surface area contributed by atoms with Crippen LogP contribution in [0.15, 0.2) is 12.1 Å². The van der Waals surface area contributed by atoms with Gasteiger partial charge in [-0.2, -0.15) is 0 Å². The van der Waals surface area contributed by atoms with Crippen molar-refractivity contribution < 1.29 is 9.47 Å². The van der Waals surface area contributed by atoms with Gasteiger partial charge in [0.2, 0.25) is 6.79 Å². The molecule has 14 heavy (non-hydrogen) atoms. The second-order valence-electron chi connectivity index (χ2n) is 4.80. The second-order valence-corrected chi connectivity index (χ2v) is 4.80. The topological polar surface area (TPSA) is 18.5 Å². The summed E-state index contributed by atoms with van der Waals surface area (Å²) in [4.78, 5) is 0. The summed E-state index contributed by atoms with van der Waals surface area (Å²) in [6, 6.07) is 4.20. The maximum absolute atomic E-state index is 5.49. The monoisotopic (exact) mass is 192 g/mol. The van der Waals surface area contributed by atoms with Crippen LogP contribution < -0.4 is 9.47 Å². The van der Waals surface area contributed by atoms with E-state index >= 15 is 0 Å². The predicted octanol–water partition coefficient (Wildman–Crippen LogP) is 3.02. The van der Waals surface area contributed by atoms with E-state index in [0.29, 0.717) is 6.79 Å². The van der Waals surface area contributed by atoms with E-state index in [1.165, 1.54) is 11.1 Å². The number of rotatable bonds is 0. The Balaban J connectivity index is 2.60. The van der Waals surface area contributed by atoms with Crippen molar-refractivity contribution in [3.05, 3.63) is 23.3 Å². The average molecular weight is 192 g/mol. The zero-order valence-corrected chi connectivity index (χ0v) is 9.18. The smallest absolute Gasteiger partial charge is 0.231 e. The lowest BCUT2D eigenvalue weighted by atomic mass is 9.85. The van der Waals surface area contributed by atoms with Crippen LogP contribution in [0, 0.1) is 6.92 Å². The van der Waals surface area contributed by atoms with Crippen molar-refractivity contribution in [3.8, 4) is 11.5 Å². The fourth-order valence-corrected chi connectivity index (χ4v) is 1.71. The Morgan fingerprint density at radius 3 is 2.50 bits per heavy atom. The normalized spacial score (nSPS) is 14.6. The summed E-state index contributed by atoms with van der Waals surface area (Å²) in [7, 11) is 0. The average Bonchev–Trinajstić information content (AvgIpc) is 2.47. The van der Waals surface area contributed by atoms with Crippen LogP contribution in [0.2, 0.25) is 0 Å². The minimum atomic E-state index is 0.101. The lowest BCUT2D eigenvalue weighted by Crippen LogP contribution is -2.12. The zero-order valence-electron chi connectivity index (χ0n) is 9.18. The molecule has 0 aliphatic carbocycles. The second kappa shape index (κ2) is 2.91. The number of hydrogen-bond acceptors (Lipinski definition) is 2. The van der Waals surface area contributed by atoms with Gasteiger partial charge in [-0.05, 0) is 24.0 Å². The molecule has 0 unspecified atom stereocenters. The van der Waals surface area contributed by atoms with Gasteiger partial charge in [-0.15, -0.1) is 0 Å². The quantitative estimate of drug-likeness (QED) is 0.629. The summed E-state index contributed by atoms with van der Waals surface area (Å²) in [6.45, 7) is 8.98. The van der Waals surface area contributed by atoms with Crippen molar-refractivity contribution in [2.24, 2.45) is 0 Å². The molecule has 0 amide bonds.